The lowest BCUT2D eigenvalue weighted by Gasteiger charge is -2.25. The van der Waals surface area contributed by atoms with Gasteiger partial charge in [-0.1, -0.05) is 25.9 Å². The summed E-state index contributed by atoms with van der Waals surface area (Å²) in [6, 6.07) is 2.50. The van der Waals surface area contributed by atoms with Crippen molar-refractivity contribution in [1.29, 1.82) is 0 Å². The molecule has 8 nitrogen and oxygen atoms in total. The van der Waals surface area contributed by atoms with Crippen molar-refractivity contribution < 1.29 is 27.4 Å². The number of rotatable bonds is 9. The Balaban J connectivity index is 1.65. The van der Waals surface area contributed by atoms with E-state index in [-0.39, 0.29) is 41.5 Å². The highest BCUT2D eigenvalue weighted by atomic mass is 32.1. The summed E-state index contributed by atoms with van der Waals surface area (Å²) in [5, 5.41) is 3.07. The number of likely N-dealkylation sites (tertiary alicyclic amines) is 1. The molecule has 2 aliphatic rings. The Labute approximate surface area is 236 Å². The fourth-order valence-electron chi connectivity index (χ4n) is 4.98. The average molecular weight is 583 g/mol. The number of aromatic nitrogens is 1. The first kappa shape index (κ1) is 30.4. The minimum atomic E-state index is -4.63. The predicted octanol–water partition coefficient (Wildman–Crippen LogP) is 5.78. The summed E-state index contributed by atoms with van der Waals surface area (Å²) < 4.78 is 54.5. The molecule has 4 rings (SSSR count). The third-order valence-electron chi connectivity index (χ3n) is 7.23. The SMILES string of the molecule is CC(CN1CCC[C@H]1COc1ccc(C(F)(F)F)cc1C(=O)N=c1sc(C(C)(C)C)cn1C[C@H]1CCCO1)N=O. The molecule has 0 bridgehead atoms. The highest BCUT2D eigenvalue weighted by Gasteiger charge is 2.33. The Hall–Kier alpha value is -2.57. The van der Waals surface area contributed by atoms with Crippen LogP contribution in [0.5, 0.6) is 5.75 Å². The van der Waals surface area contributed by atoms with E-state index in [4.69, 9.17) is 9.47 Å². The molecule has 3 atom stereocenters. The summed E-state index contributed by atoms with van der Waals surface area (Å²) in [6.07, 6.45) is 0.894. The van der Waals surface area contributed by atoms with Crippen LogP contribution in [-0.2, 0) is 22.9 Å². The fraction of sp³-hybridized carbons (Fsp3) is 0.643. The number of thiazole rings is 1. The van der Waals surface area contributed by atoms with Gasteiger partial charge in [0.2, 0.25) is 0 Å². The van der Waals surface area contributed by atoms with Gasteiger partial charge in [-0.25, -0.2) is 0 Å². The highest BCUT2D eigenvalue weighted by Crippen LogP contribution is 2.33. The number of hydrogen-bond acceptors (Lipinski definition) is 7. The smallest absolute Gasteiger partial charge is 0.416 e. The van der Waals surface area contributed by atoms with Crippen LogP contribution < -0.4 is 9.54 Å². The zero-order chi connectivity index (χ0) is 29.1. The number of amides is 1. The van der Waals surface area contributed by atoms with E-state index in [1.165, 1.54) is 17.4 Å². The second kappa shape index (κ2) is 12.5. The monoisotopic (exact) mass is 582 g/mol. The number of nitrogens with zero attached hydrogens (tertiary/aromatic N) is 4. The number of hydrogen-bond donors (Lipinski definition) is 0. The minimum Gasteiger partial charge on any atom is -0.491 e. The summed E-state index contributed by atoms with van der Waals surface area (Å²) >= 11 is 1.35. The first-order chi connectivity index (χ1) is 18.8. The van der Waals surface area contributed by atoms with E-state index >= 15 is 0 Å². The number of ether oxygens (including phenoxy) is 2. The van der Waals surface area contributed by atoms with Crippen molar-refractivity contribution >= 4 is 17.2 Å². The van der Waals surface area contributed by atoms with Crippen LogP contribution in [-0.4, -0.2) is 59.9 Å². The summed E-state index contributed by atoms with van der Waals surface area (Å²) in [5.41, 5.74) is -1.38. The van der Waals surface area contributed by atoms with Crippen LogP contribution >= 0.6 is 11.3 Å². The van der Waals surface area contributed by atoms with Crippen LogP contribution in [0.4, 0.5) is 13.2 Å². The Morgan fingerprint density at radius 2 is 2.00 bits per heavy atom. The van der Waals surface area contributed by atoms with Gasteiger partial charge >= 0.3 is 6.18 Å². The zero-order valence-electron chi connectivity index (χ0n) is 23.4. The summed E-state index contributed by atoms with van der Waals surface area (Å²) in [5.74, 6) is -0.750. The van der Waals surface area contributed by atoms with Crippen LogP contribution in [0.25, 0.3) is 0 Å². The van der Waals surface area contributed by atoms with Gasteiger partial charge in [-0.3, -0.25) is 9.69 Å². The van der Waals surface area contributed by atoms with Crippen LogP contribution in [0.2, 0.25) is 0 Å². The number of carbonyl (C=O) groups excluding carboxylic acids is 1. The topological polar surface area (TPSA) is 85.5 Å². The molecule has 0 spiro atoms. The first-order valence-electron chi connectivity index (χ1n) is 13.7. The van der Waals surface area contributed by atoms with Crippen molar-refractivity contribution in [3.05, 3.63) is 50.1 Å². The quantitative estimate of drug-likeness (QED) is 0.350. The molecule has 0 N–H and O–H groups in total. The van der Waals surface area contributed by atoms with E-state index in [9.17, 15) is 22.9 Å². The lowest BCUT2D eigenvalue weighted by atomic mass is 9.95. The number of nitroso groups, excluding NO2 is 1. The Kier molecular flexibility index (Phi) is 9.51. The second-order valence-corrected chi connectivity index (χ2v) is 12.6. The van der Waals surface area contributed by atoms with Gasteiger partial charge < -0.3 is 14.0 Å². The molecule has 0 saturated carbocycles. The molecule has 1 aromatic heterocycles. The predicted molar refractivity (Wildman–Crippen MR) is 147 cm³/mol. The lowest BCUT2D eigenvalue weighted by molar-refractivity contribution is -0.137. The molecular formula is C28H37F3N4O4S. The molecule has 2 aliphatic heterocycles. The normalized spacial score (nSPS) is 21.6. The molecule has 0 radical (unpaired) electrons. The van der Waals surface area contributed by atoms with Gasteiger partial charge in [-0.05, 0) is 62.8 Å². The van der Waals surface area contributed by atoms with Crippen molar-refractivity contribution in [3.63, 3.8) is 0 Å². The van der Waals surface area contributed by atoms with Crippen molar-refractivity contribution in [3.8, 4) is 5.75 Å². The maximum absolute atomic E-state index is 13.6. The Bertz CT molecular complexity index is 1260. The van der Waals surface area contributed by atoms with Crippen molar-refractivity contribution in [2.45, 2.75) is 89.7 Å². The van der Waals surface area contributed by atoms with Crippen LogP contribution in [0.1, 0.15) is 74.2 Å². The lowest BCUT2D eigenvalue weighted by Crippen LogP contribution is -2.38. The molecule has 1 aromatic carbocycles. The first-order valence-corrected chi connectivity index (χ1v) is 14.5. The van der Waals surface area contributed by atoms with Gasteiger partial charge in [0, 0.05) is 30.3 Å². The maximum atomic E-state index is 13.6. The molecule has 2 fully saturated rings. The summed E-state index contributed by atoms with van der Waals surface area (Å²) in [4.78, 5) is 32.2. The number of benzene rings is 1. The molecule has 12 heteroatoms. The fourth-order valence-corrected chi connectivity index (χ4v) is 6.04. The van der Waals surface area contributed by atoms with Crippen LogP contribution in [0.15, 0.2) is 34.6 Å². The number of alkyl halides is 3. The number of carbonyl (C=O) groups is 1. The average Bonchev–Trinajstić information content (AvgIpc) is 3.64. The molecule has 220 valence electrons. The summed E-state index contributed by atoms with van der Waals surface area (Å²) in [7, 11) is 0. The zero-order valence-corrected chi connectivity index (χ0v) is 24.2. The standard InChI is InChI=1S/C28H37F3N4O4S/c1-18(33-37)14-34-11-5-7-20(34)17-39-23-10-9-19(28(29,30)31)13-22(23)25(36)32-26-35(15-21-8-6-12-38-21)16-24(40-26)27(2,3)4/h9-10,13,16,18,20-21H,5-8,11-12,14-15,17H2,1-4H3/t18?,20-,21+/m0/s1. The molecule has 2 aromatic rings. The van der Waals surface area contributed by atoms with Crippen molar-refractivity contribution in [2.75, 3.05) is 26.3 Å². The van der Waals surface area contributed by atoms with Crippen LogP contribution in [0.3, 0.4) is 0 Å². The Morgan fingerprint density at radius 3 is 2.65 bits per heavy atom. The molecule has 1 amide bonds. The van der Waals surface area contributed by atoms with Gasteiger partial charge in [0.25, 0.3) is 5.91 Å². The third-order valence-corrected chi connectivity index (χ3v) is 8.67. The molecule has 40 heavy (non-hydrogen) atoms. The molecule has 3 heterocycles. The second-order valence-electron chi connectivity index (χ2n) is 11.6. The van der Waals surface area contributed by atoms with Gasteiger partial charge in [0.15, 0.2) is 4.80 Å². The van der Waals surface area contributed by atoms with E-state index in [2.05, 4.69) is 35.8 Å². The molecule has 0 aliphatic carbocycles. The molecule has 1 unspecified atom stereocenters. The van der Waals surface area contributed by atoms with E-state index in [1.54, 1.807) is 6.92 Å². The van der Waals surface area contributed by atoms with E-state index in [0.717, 1.165) is 49.2 Å². The third kappa shape index (κ3) is 7.58. The van der Waals surface area contributed by atoms with Gasteiger partial charge in [0.05, 0.1) is 23.8 Å². The van der Waals surface area contributed by atoms with Crippen molar-refractivity contribution in [1.82, 2.24) is 9.47 Å². The van der Waals surface area contributed by atoms with Gasteiger partial charge in [-0.2, -0.15) is 23.1 Å². The maximum Gasteiger partial charge on any atom is 0.416 e. The van der Waals surface area contributed by atoms with Gasteiger partial charge in [0.1, 0.15) is 18.4 Å². The van der Waals surface area contributed by atoms with Crippen LogP contribution in [0, 0.1) is 4.91 Å². The highest BCUT2D eigenvalue weighted by molar-refractivity contribution is 7.09. The Morgan fingerprint density at radius 1 is 1.23 bits per heavy atom. The summed E-state index contributed by atoms with van der Waals surface area (Å²) in [6.45, 7) is 10.5. The van der Waals surface area contributed by atoms with Crippen molar-refractivity contribution in [2.24, 2.45) is 10.2 Å². The minimum absolute atomic E-state index is 0.00425. The molecular weight excluding hydrogens is 545 g/mol. The van der Waals surface area contributed by atoms with E-state index < -0.39 is 17.6 Å². The largest absolute Gasteiger partial charge is 0.491 e. The van der Waals surface area contributed by atoms with E-state index in [0.29, 0.717) is 24.5 Å². The number of halogens is 3. The molecule has 2 saturated heterocycles. The van der Waals surface area contributed by atoms with Gasteiger partial charge in [-0.15, -0.1) is 11.3 Å². The van der Waals surface area contributed by atoms with E-state index in [1.807, 2.05) is 10.8 Å².